The number of hydrogen-bond donors (Lipinski definition) is 0. The van der Waals surface area contributed by atoms with Gasteiger partial charge >= 0.3 is 6.09 Å². The summed E-state index contributed by atoms with van der Waals surface area (Å²) in [6.45, 7) is 3.37. The molecule has 0 bridgehead atoms. The molecule has 1 aromatic carbocycles. The minimum atomic E-state index is -2.70. The molecular formula is C21H24ClF2N3O2. The number of benzene rings is 1. The van der Waals surface area contributed by atoms with E-state index in [4.69, 9.17) is 16.3 Å². The fraction of sp³-hybridized carbons (Fsp3) is 0.476. The fourth-order valence-corrected chi connectivity index (χ4v) is 3.65. The zero-order valence-corrected chi connectivity index (χ0v) is 17.3. The van der Waals surface area contributed by atoms with E-state index >= 15 is 0 Å². The number of alkyl halides is 2. The van der Waals surface area contributed by atoms with Crippen molar-refractivity contribution in [1.29, 1.82) is 0 Å². The highest BCUT2D eigenvalue weighted by Gasteiger charge is 2.29. The summed E-state index contributed by atoms with van der Waals surface area (Å²) in [6.07, 6.45) is -1.08. The molecule has 0 N–H and O–H groups in total. The quantitative estimate of drug-likeness (QED) is 0.610. The van der Waals surface area contributed by atoms with Gasteiger partial charge in [-0.3, -0.25) is 4.90 Å². The minimum absolute atomic E-state index is 0.000293. The van der Waals surface area contributed by atoms with Gasteiger partial charge in [-0.2, -0.15) is 0 Å². The first-order valence-corrected chi connectivity index (χ1v) is 9.89. The molecule has 0 radical (unpaired) electrons. The van der Waals surface area contributed by atoms with Crippen molar-refractivity contribution >= 4 is 17.7 Å². The van der Waals surface area contributed by atoms with Crippen LogP contribution in [0.3, 0.4) is 0 Å². The molecule has 1 aliphatic carbocycles. The van der Waals surface area contributed by atoms with Crippen molar-refractivity contribution in [3.05, 3.63) is 58.1 Å². The highest BCUT2D eigenvalue weighted by molar-refractivity contribution is 6.30. The maximum absolute atomic E-state index is 13.0. The Morgan fingerprint density at radius 2 is 2.00 bits per heavy atom. The SMILES string of the molecule is CC1(C)CCc2nc(CN(CC(F)F)C(=O)OCc3ccccc3)nc(Cl)c2C1. The number of nitrogens with zero attached hydrogens (tertiary/aromatic N) is 3. The lowest BCUT2D eigenvalue weighted by atomic mass is 9.76. The Morgan fingerprint density at radius 3 is 2.69 bits per heavy atom. The number of rotatable bonds is 6. The van der Waals surface area contributed by atoms with Crippen molar-refractivity contribution in [3.63, 3.8) is 0 Å². The van der Waals surface area contributed by atoms with Crippen LogP contribution in [0, 0.1) is 5.41 Å². The monoisotopic (exact) mass is 423 g/mol. The van der Waals surface area contributed by atoms with E-state index in [9.17, 15) is 13.6 Å². The molecule has 156 valence electrons. The highest BCUT2D eigenvalue weighted by Crippen LogP contribution is 2.36. The van der Waals surface area contributed by atoms with Crippen LogP contribution in [-0.2, 0) is 30.7 Å². The Hall–Kier alpha value is -2.28. The lowest BCUT2D eigenvalue weighted by Gasteiger charge is -2.31. The van der Waals surface area contributed by atoms with E-state index < -0.39 is 19.1 Å². The average molecular weight is 424 g/mol. The normalized spacial score (nSPS) is 15.1. The summed E-state index contributed by atoms with van der Waals surface area (Å²) in [5.74, 6) is 0.241. The lowest BCUT2D eigenvalue weighted by molar-refractivity contribution is 0.0538. The van der Waals surface area contributed by atoms with Crippen LogP contribution >= 0.6 is 11.6 Å². The Bertz CT molecular complexity index is 863. The largest absolute Gasteiger partial charge is 0.445 e. The second kappa shape index (κ2) is 9.03. The predicted octanol–water partition coefficient (Wildman–Crippen LogP) is 5.05. The average Bonchev–Trinajstić information content (AvgIpc) is 2.66. The molecule has 3 rings (SSSR count). The third-order valence-corrected chi connectivity index (χ3v) is 5.25. The van der Waals surface area contributed by atoms with Gasteiger partial charge in [0.15, 0.2) is 0 Å². The van der Waals surface area contributed by atoms with Crippen LogP contribution in [0.4, 0.5) is 13.6 Å². The van der Waals surface area contributed by atoms with Crippen molar-refractivity contribution in [1.82, 2.24) is 14.9 Å². The Kier molecular flexibility index (Phi) is 6.67. The number of fused-ring (bicyclic) bond motifs is 1. The molecule has 0 aliphatic heterocycles. The summed E-state index contributed by atoms with van der Waals surface area (Å²) >= 11 is 6.35. The summed E-state index contributed by atoms with van der Waals surface area (Å²) in [4.78, 5) is 22.1. The number of hydrogen-bond acceptors (Lipinski definition) is 4. The second-order valence-electron chi connectivity index (χ2n) is 8.01. The number of carbonyl (C=O) groups excluding carboxylic acids is 1. The number of aromatic nitrogens is 2. The molecule has 8 heteroatoms. The van der Waals surface area contributed by atoms with Crippen LogP contribution < -0.4 is 0 Å². The van der Waals surface area contributed by atoms with E-state index in [1.54, 1.807) is 12.1 Å². The van der Waals surface area contributed by atoms with Crippen molar-refractivity contribution in [2.75, 3.05) is 6.54 Å². The third kappa shape index (κ3) is 5.85. The maximum Gasteiger partial charge on any atom is 0.410 e. The lowest BCUT2D eigenvalue weighted by Crippen LogP contribution is -2.36. The molecule has 0 saturated heterocycles. The molecule has 0 saturated carbocycles. The van der Waals surface area contributed by atoms with Crippen molar-refractivity contribution in [2.24, 2.45) is 5.41 Å². The summed E-state index contributed by atoms with van der Waals surface area (Å²) < 4.78 is 31.3. The van der Waals surface area contributed by atoms with Crippen LogP contribution in [0.1, 0.15) is 42.9 Å². The molecular weight excluding hydrogens is 400 g/mol. The van der Waals surface area contributed by atoms with Crippen LogP contribution in [0.15, 0.2) is 30.3 Å². The van der Waals surface area contributed by atoms with Crippen LogP contribution in [0.5, 0.6) is 0 Å². The summed E-state index contributed by atoms with van der Waals surface area (Å²) in [6, 6.07) is 9.04. The van der Waals surface area contributed by atoms with Crippen molar-refractivity contribution in [3.8, 4) is 0 Å². The smallest absolute Gasteiger partial charge is 0.410 e. The van der Waals surface area contributed by atoms with E-state index in [2.05, 4.69) is 23.8 Å². The zero-order chi connectivity index (χ0) is 21.0. The summed E-state index contributed by atoms with van der Waals surface area (Å²) in [5, 5.41) is 0.326. The van der Waals surface area contributed by atoms with Gasteiger partial charge in [0.25, 0.3) is 6.43 Å². The van der Waals surface area contributed by atoms with Gasteiger partial charge in [-0.1, -0.05) is 55.8 Å². The van der Waals surface area contributed by atoms with Crippen molar-refractivity contribution < 1.29 is 18.3 Å². The topological polar surface area (TPSA) is 55.3 Å². The van der Waals surface area contributed by atoms with Crippen LogP contribution in [-0.4, -0.2) is 33.9 Å². The van der Waals surface area contributed by atoms with Gasteiger partial charge < -0.3 is 4.74 Å². The molecule has 0 atom stereocenters. The maximum atomic E-state index is 13.0. The second-order valence-corrected chi connectivity index (χ2v) is 8.37. The van der Waals surface area contributed by atoms with Gasteiger partial charge in [-0.05, 0) is 30.2 Å². The van der Waals surface area contributed by atoms with E-state index in [0.29, 0.717) is 5.15 Å². The molecule has 2 aromatic rings. The number of ether oxygens (including phenoxy) is 1. The molecule has 1 aromatic heterocycles. The molecule has 0 unspecified atom stereocenters. The first-order valence-electron chi connectivity index (χ1n) is 9.51. The molecule has 29 heavy (non-hydrogen) atoms. The highest BCUT2D eigenvalue weighted by atomic mass is 35.5. The van der Waals surface area contributed by atoms with Crippen molar-refractivity contribution in [2.45, 2.75) is 52.7 Å². The van der Waals surface area contributed by atoms with Gasteiger partial charge in [0, 0.05) is 11.3 Å². The molecule has 0 spiro atoms. The molecule has 1 amide bonds. The summed E-state index contributed by atoms with van der Waals surface area (Å²) in [7, 11) is 0. The fourth-order valence-electron chi connectivity index (χ4n) is 3.38. The zero-order valence-electron chi connectivity index (χ0n) is 16.5. The van der Waals surface area contributed by atoms with Gasteiger partial charge in [0.2, 0.25) is 0 Å². The van der Waals surface area contributed by atoms with E-state index in [1.807, 2.05) is 18.2 Å². The van der Waals surface area contributed by atoms with Gasteiger partial charge in [0.1, 0.15) is 17.6 Å². The number of amides is 1. The van der Waals surface area contributed by atoms with Crippen LogP contribution in [0.25, 0.3) is 0 Å². The molecule has 0 fully saturated rings. The Balaban J connectivity index is 1.73. The Labute approximate surface area is 174 Å². The van der Waals surface area contributed by atoms with Gasteiger partial charge in [0.05, 0.1) is 13.1 Å². The molecule has 5 nitrogen and oxygen atoms in total. The summed E-state index contributed by atoms with van der Waals surface area (Å²) in [5.41, 5.74) is 2.62. The van der Waals surface area contributed by atoms with E-state index in [-0.39, 0.29) is 24.4 Å². The first-order chi connectivity index (χ1) is 13.7. The van der Waals surface area contributed by atoms with Gasteiger partial charge in [-0.15, -0.1) is 0 Å². The molecule has 1 heterocycles. The van der Waals surface area contributed by atoms with E-state index in [0.717, 1.165) is 41.0 Å². The standard InChI is InChI=1S/C21H24ClF2N3O2/c1-21(2)9-8-16-15(10-21)19(22)26-18(25-16)12-27(11-17(23)24)20(28)29-13-14-6-4-3-5-7-14/h3-7,17H,8-13H2,1-2H3. The van der Waals surface area contributed by atoms with Crippen LogP contribution in [0.2, 0.25) is 5.15 Å². The number of aryl methyl sites for hydroxylation is 1. The minimum Gasteiger partial charge on any atom is -0.445 e. The van der Waals surface area contributed by atoms with Gasteiger partial charge in [-0.25, -0.2) is 23.5 Å². The molecule has 1 aliphatic rings. The third-order valence-electron chi connectivity index (χ3n) is 4.94. The number of halogens is 3. The Morgan fingerprint density at radius 1 is 1.28 bits per heavy atom. The first kappa shape index (κ1) is 21.4. The van der Waals surface area contributed by atoms with E-state index in [1.165, 1.54) is 0 Å². The predicted molar refractivity (Wildman–Crippen MR) is 106 cm³/mol. The number of carbonyl (C=O) groups is 1.